The average Bonchev–Trinajstić information content (AvgIpc) is 2.55. The number of piperidine rings is 1. The topological polar surface area (TPSA) is 61.4 Å². The predicted molar refractivity (Wildman–Crippen MR) is 97.4 cm³/mol. The van der Waals surface area contributed by atoms with Crippen LogP contribution in [0.5, 0.6) is 0 Å². The van der Waals surface area contributed by atoms with Crippen LogP contribution in [0.15, 0.2) is 36.9 Å². The Bertz CT molecular complexity index is 698. The van der Waals surface area contributed by atoms with E-state index in [0.717, 1.165) is 11.6 Å². The van der Waals surface area contributed by atoms with Gasteiger partial charge >= 0.3 is 6.03 Å². The maximum atomic E-state index is 14.2. The molecule has 0 saturated carbocycles. The van der Waals surface area contributed by atoms with Gasteiger partial charge in [0.05, 0.1) is 0 Å². The number of halogens is 2. The first-order valence-corrected chi connectivity index (χ1v) is 8.51. The van der Waals surface area contributed by atoms with Crippen LogP contribution in [-0.2, 0) is 10.2 Å². The Morgan fingerprint density at radius 3 is 2.58 bits per heavy atom. The summed E-state index contributed by atoms with van der Waals surface area (Å²) < 4.78 is 28.3. The number of carbonyl (C=O) groups excluding carboxylic acids is 2. The highest BCUT2D eigenvalue weighted by atomic mass is 19.3. The number of rotatable bonds is 3. The number of anilines is 1. The number of likely N-dealkylation sites (tertiary alicyclic amines) is 1. The van der Waals surface area contributed by atoms with Gasteiger partial charge in [-0.15, -0.1) is 0 Å². The number of nitrogens with one attached hydrogen (secondary N) is 2. The molecule has 2 N–H and O–H groups in total. The van der Waals surface area contributed by atoms with Crippen molar-refractivity contribution in [3.05, 3.63) is 42.5 Å². The van der Waals surface area contributed by atoms with Gasteiger partial charge in [-0.3, -0.25) is 4.79 Å². The summed E-state index contributed by atoms with van der Waals surface area (Å²) in [7, 11) is 0. The van der Waals surface area contributed by atoms with Gasteiger partial charge < -0.3 is 15.5 Å². The van der Waals surface area contributed by atoms with Gasteiger partial charge in [-0.05, 0) is 23.1 Å². The Kier molecular flexibility index (Phi) is 5.68. The van der Waals surface area contributed by atoms with Gasteiger partial charge in [-0.1, -0.05) is 45.5 Å². The number of para-hydroxylation sites is 1. The molecule has 1 aliphatic rings. The van der Waals surface area contributed by atoms with E-state index in [1.165, 1.54) is 4.90 Å². The lowest BCUT2D eigenvalue weighted by molar-refractivity contribution is -0.135. The Morgan fingerprint density at radius 1 is 1.31 bits per heavy atom. The number of urea groups is 1. The quantitative estimate of drug-likeness (QED) is 0.805. The summed E-state index contributed by atoms with van der Waals surface area (Å²) in [6, 6.07) is 5.06. The smallest absolute Gasteiger partial charge is 0.319 e. The van der Waals surface area contributed by atoms with Crippen LogP contribution in [0.4, 0.5) is 19.3 Å². The van der Waals surface area contributed by atoms with Gasteiger partial charge in [-0.25, -0.2) is 13.6 Å². The fourth-order valence-corrected chi connectivity index (χ4v) is 2.95. The molecule has 7 heteroatoms. The molecule has 1 atom stereocenters. The SMILES string of the molecule is C=CC(=O)N1CCC(F)(F)[C@H](NC(=O)Nc2ccccc2C(C)(C)C)C1. The summed E-state index contributed by atoms with van der Waals surface area (Å²) in [5.41, 5.74) is 1.25. The van der Waals surface area contributed by atoms with Crippen molar-refractivity contribution in [2.75, 3.05) is 18.4 Å². The molecule has 142 valence electrons. The highest BCUT2D eigenvalue weighted by molar-refractivity contribution is 5.91. The van der Waals surface area contributed by atoms with Crippen molar-refractivity contribution in [2.45, 2.75) is 44.6 Å². The maximum Gasteiger partial charge on any atom is 0.319 e. The Balaban J connectivity index is 2.11. The van der Waals surface area contributed by atoms with Crippen molar-refractivity contribution in [3.63, 3.8) is 0 Å². The van der Waals surface area contributed by atoms with E-state index in [2.05, 4.69) is 17.2 Å². The van der Waals surface area contributed by atoms with E-state index in [1.807, 2.05) is 32.9 Å². The van der Waals surface area contributed by atoms with Crippen molar-refractivity contribution in [2.24, 2.45) is 0 Å². The number of nitrogens with zero attached hydrogens (tertiary/aromatic N) is 1. The third-order valence-electron chi connectivity index (χ3n) is 4.40. The van der Waals surface area contributed by atoms with E-state index in [0.29, 0.717) is 5.69 Å². The molecule has 1 aromatic carbocycles. The second-order valence-corrected chi connectivity index (χ2v) is 7.45. The normalized spacial score (nSPS) is 19.6. The highest BCUT2D eigenvalue weighted by Gasteiger charge is 2.45. The lowest BCUT2D eigenvalue weighted by Crippen LogP contribution is -2.60. The van der Waals surface area contributed by atoms with Gasteiger partial charge in [0.15, 0.2) is 0 Å². The van der Waals surface area contributed by atoms with Crippen LogP contribution in [0, 0.1) is 0 Å². The molecule has 1 heterocycles. The molecule has 0 radical (unpaired) electrons. The monoisotopic (exact) mass is 365 g/mol. The summed E-state index contributed by atoms with van der Waals surface area (Å²) in [6.45, 7) is 9.04. The van der Waals surface area contributed by atoms with Crippen molar-refractivity contribution in [3.8, 4) is 0 Å². The van der Waals surface area contributed by atoms with E-state index < -0.39 is 30.3 Å². The predicted octanol–water partition coefficient (Wildman–Crippen LogP) is 3.53. The van der Waals surface area contributed by atoms with Gasteiger partial charge in [0.2, 0.25) is 5.91 Å². The first kappa shape index (κ1) is 19.9. The summed E-state index contributed by atoms with van der Waals surface area (Å²) in [5.74, 6) is -3.51. The minimum atomic E-state index is -3.08. The minimum Gasteiger partial charge on any atom is -0.337 e. The summed E-state index contributed by atoms with van der Waals surface area (Å²) in [6.07, 6.45) is 0.580. The molecule has 0 unspecified atom stereocenters. The average molecular weight is 365 g/mol. The van der Waals surface area contributed by atoms with E-state index in [4.69, 9.17) is 0 Å². The Hall–Kier alpha value is -2.44. The van der Waals surface area contributed by atoms with E-state index >= 15 is 0 Å². The summed E-state index contributed by atoms with van der Waals surface area (Å²) >= 11 is 0. The summed E-state index contributed by atoms with van der Waals surface area (Å²) in [5, 5.41) is 4.97. The number of benzene rings is 1. The minimum absolute atomic E-state index is 0.0650. The van der Waals surface area contributed by atoms with Gasteiger partial charge in [0, 0.05) is 25.2 Å². The van der Waals surface area contributed by atoms with Crippen LogP contribution in [0.3, 0.4) is 0 Å². The van der Waals surface area contributed by atoms with Crippen LogP contribution in [0.2, 0.25) is 0 Å². The molecule has 26 heavy (non-hydrogen) atoms. The third kappa shape index (κ3) is 4.59. The molecule has 2 rings (SSSR count). The summed E-state index contributed by atoms with van der Waals surface area (Å²) in [4.78, 5) is 25.3. The fourth-order valence-electron chi connectivity index (χ4n) is 2.95. The number of amides is 3. The van der Waals surface area contributed by atoms with Crippen LogP contribution < -0.4 is 10.6 Å². The molecule has 0 spiro atoms. The van der Waals surface area contributed by atoms with Gasteiger partial charge in [0.25, 0.3) is 5.92 Å². The van der Waals surface area contributed by atoms with E-state index in [-0.39, 0.29) is 18.5 Å². The van der Waals surface area contributed by atoms with Gasteiger partial charge in [-0.2, -0.15) is 0 Å². The molecule has 0 aromatic heterocycles. The zero-order valence-corrected chi connectivity index (χ0v) is 15.3. The Labute approximate surface area is 152 Å². The molecule has 0 aliphatic carbocycles. The maximum absolute atomic E-state index is 14.2. The second kappa shape index (κ2) is 7.43. The van der Waals surface area contributed by atoms with Crippen molar-refractivity contribution < 1.29 is 18.4 Å². The van der Waals surface area contributed by atoms with Crippen LogP contribution in [-0.4, -0.2) is 41.9 Å². The molecule has 5 nitrogen and oxygen atoms in total. The first-order valence-electron chi connectivity index (χ1n) is 8.51. The molecule has 0 bridgehead atoms. The first-order chi connectivity index (χ1) is 12.0. The molecular weight excluding hydrogens is 340 g/mol. The standard InChI is InChI=1S/C19H25F2N3O2/c1-5-16(25)24-11-10-19(20,21)15(12-24)23-17(26)22-14-9-7-6-8-13(14)18(2,3)4/h5-9,15H,1,10-12H2,2-4H3,(H2,22,23,26)/t15-/m1/s1. The molecule has 1 aromatic rings. The number of hydrogen-bond donors (Lipinski definition) is 2. The van der Waals surface area contributed by atoms with Crippen LogP contribution >= 0.6 is 0 Å². The fraction of sp³-hybridized carbons (Fsp3) is 0.474. The number of hydrogen-bond acceptors (Lipinski definition) is 2. The second-order valence-electron chi connectivity index (χ2n) is 7.45. The van der Waals surface area contributed by atoms with Crippen LogP contribution in [0.25, 0.3) is 0 Å². The van der Waals surface area contributed by atoms with Crippen molar-refractivity contribution >= 4 is 17.6 Å². The molecule has 1 aliphatic heterocycles. The number of alkyl halides is 2. The largest absolute Gasteiger partial charge is 0.337 e. The lowest BCUT2D eigenvalue weighted by atomic mass is 9.86. The third-order valence-corrected chi connectivity index (χ3v) is 4.40. The van der Waals surface area contributed by atoms with Crippen LogP contribution in [0.1, 0.15) is 32.8 Å². The van der Waals surface area contributed by atoms with E-state index in [9.17, 15) is 18.4 Å². The molecule has 3 amide bonds. The van der Waals surface area contributed by atoms with E-state index in [1.54, 1.807) is 12.1 Å². The lowest BCUT2D eigenvalue weighted by Gasteiger charge is -2.38. The molecule has 1 fully saturated rings. The molecular formula is C19H25F2N3O2. The van der Waals surface area contributed by atoms with Crippen molar-refractivity contribution in [1.82, 2.24) is 10.2 Å². The molecule has 1 saturated heterocycles. The Morgan fingerprint density at radius 2 is 1.96 bits per heavy atom. The van der Waals surface area contributed by atoms with Gasteiger partial charge in [0.1, 0.15) is 6.04 Å². The zero-order chi connectivity index (χ0) is 19.5. The van der Waals surface area contributed by atoms with Crippen molar-refractivity contribution in [1.29, 1.82) is 0 Å². The number of carbonyl (C=O) groups is 2. The zero-order valence-electron chi connectivity index (χ0n) is 15.3. The highest BCUT2D eigenvalue weighted by Crippen LogP contribution is 2.30.